The molecule has 102 valence electrons. The molecule has 1 heterocycles. The Kier molecular flexibility index (Phi) is 4.98. The van der Waals surface area contributed by atoms with Gasteiger partial charge in [-0.1, -0.05) is 25.1 Å². The molecule has 1 aromatic carbocycles. The molecule has 0 unspecified atom stereocenters. The van der Waals surface area contributed by atoms with Crippen LogP contribution in [-0.2, 0) is 11.2 Å². The number of amides is 1. The fourth-order valence-corrected chi connectivity index (χ4v) is 2.11. The summed E-state index contributed by atoms with van der Waals surface area (Å²) in [6.45, 7) is 4.63. The number of H-pyrrole nitrogens is 1. The average Bonchev–Trinajstić information content (AvgIpc) is 2.82. The molecule has 19 heavy (non-hydrogen) atoms. The molecule has 0 saturated carbocycles. The van der Waals surface area contributed by atoms with E-state index in [-0.39, 0.29) is 5.91 Å². The molecule has 2 aromatic rings. The lowest BCUT2D eigenvalue weighted by molar-refractivity contribution is -0.120. The van der Waals surface area contributed by atoms with E-state index in [4.69, 9.17) is 0 Å². The molecule has 0 spiro atoms. The maximum absolute atomic E-state index is 11.8. The van der Waals surface area contributed by atoms with Gasteiger partial charge in [0, 0.05) is 30.2 Å². The fraction of sp³-hybridized carbons (Fsp3) is 0.400. The van der Waals surface area contributed by atoms with Crippen LogP contribution in [0.3, 0.4) is 0 Å². The number of fused-ring (bicyclic) bond motifs is 1. The molecular weight excluding hydrogens is 238 g/mol. The quantitative estimate of drug-likeness (QED) is 0.664. The van der Waals surface area contributed by atoms with Gasteiger partial charge in [-0.3, -0.25) is 4.79 Å². The molecule has 1 amide bonds. The van der Waals surface area contributed by atoms with Crippen molar-refractivity contribution in [1.29, 1.82) is 0 Å². The number of hydrogen-bond acceptors (Lipinski definition) is 2. The lowest BCUT2D eigenvalue weighted by Crippen LogP contribution is -2.32. The summed E-state index contributed by atoms with van der Waals surface area (Å²) in [5.41, 5.74) is 2.13. The Balaban J connectivity index is 1.82. The molecule has 0 atom stereocenters. The summed E-state index contributed by atoms with van der Waals surface area (Å²) in [7, 11) is 0. The van der Waals surface area contributed by atoms with Gasteiger partial charge in [0.05, 0.1) is 6.42 Å². The Morgan fingerprint density at radius 2 is 2.05 bits per heavy atom. The predicted molar refractivity (Wildman–Crippen MR) is 78.2 cm³/mol. The van der Waals surface area contributed by atoms with E-state index in [0.29, 0.717) is 13.0 Å². The summed E-state index contributed by atoms with van der Waals surface area (Å²) in [6.07, 6.45) is 3.46. The van der Waals surface area contributed by atoms with Crippen molar-refractivity contribution >= 4 is 16.8 Å². The van der Waals surface area contributed by atoms with Gasteiger partial charge in [-0.05, 0) is 24.6 Å². The number of aromatic amines is 1. The van der Waals surface area contributed by atoms with Gasteiger partial charge >= 0.3 is 0 Å². The van der Waals surface area contributed by atoms with Gasteiger partial charge < -0.3 is 15.6 Å². The molecule has 3 N–H and O–H groups in total. The maximum Gasteiger partial charge on any atom is 0.224 e. The van der Waals surface area contributed by atoms with E-state index in [1.807, 2.05) is 30.5 Å². The normalized spacial score (nSPS) is 10.8. The summed E-state index contributed by atoms with van der Waals surface area (Å²) in [6, 6.07) is 8.04. The topological polar surface area (TPSA) is 56.9 Å². The number of nitrogens with one attached hydrogen (secondary N) is 3. The predicted octanol–water partition coefficient (Wildman–Crippen LogP) is 1.83. The zero-order valence-corrected chi connectivity index (χ0v) is 11.3. The first kappa shape index (κ1) is 13.6. The van der Waals surface area contributed by atoms with Crippen molar-refractivity contribution in [3.63, 3.8) is 0 Å². The monoisotopic (exact) mass is 259 g/mol. The van der Waals surface area contributed by atoms with Crippen LogP contribution >= 0.6 is 0 Å². The van der Waals surface area contributed by atoms with Gasteiger partial charge in [-0.2, -0.15) is 0 Å². The minimum Gasteiger partial charge on any atom is -0.361 e. The van der Waals surface area contributed by atoms with Gasteiger partial charge in [0.2, 0.25) is 5.91 Å². The van der Waals surface area contributed by atoms with Crippen molar-refractivity contribution in [2.75, 3.05) is 19.6 Å². The van der Waals surface area contributed by atoms with Crippen LogP contribution in [0, 0.1) is 0 Å². The minimum atomic E-state index is 0.0723. The second-order valence-electron chi connectivity index (χ2n) is 4.64. The standard InChI is InChI=1S/C15H21N3O/c1-2-7-16-8-9-17-15(19)10-12-11-18-14-6-4-3-5-13(12)14/h3-6,11,16,18H,2,7-10H2,1H3,(H,17,19). The lowest BCUT2D eigenvalue weighted by atomic mass is 10.1. The van der Waals surface area contributed by atoms with Crippen molar-refractivity contribution in [3.05, 3.63) is 36.0 Å². The Hall–Kier alpha value is -1.81. The van der Waals surface area contributed by atoms with E-state index in [1.165, 1.54) is 0 Å². The Morgan fingerprint density at radius 1 is 1.21 bits per heavy atom. The highest BCUT2D eigenvalue weighted by Gasteiger charge is 2.07. The summed E-state index contributed by atoms with van der Waals surface area (Å²) in [4.78, 5) is 15.0. The van der Waals surface area contributed by atoms with Crippen LogP contribution in [-0.4, -0.2) is 30.5 Å². The first-order valence-corrected chi connectivity index (χ1v) is 6.83. The second kappa shape index (κ2) is 6.95. The van der Waals surface area contributed by atoms with Gasteiger partial charge in [-0.25, -0.2) is 0 Å². The molecule has 4 heteroatoms. The molecule has 0 radical (unpaired) electrons. The number of carbonyl (C=O) groups is 1. The first-order chi connectivity index (χ1) is 9.31. The minimum absolute atomic E-state index is 0.0723. The van der Waals surface area contributed by atoms with Crippen LogP contribution in [0.5, 0.6) is 0 Å². The third kappa shape index (κ3) is 3.83. The summed E-state index contributed by atoms with van der Waals surface area (Å²) in [5, 5.41) is 7.31. The Bertz CT molecular complexity index is 533. The molecular formula is C15H21N3O. The van der Waals surface area contributed by atoms with Crippen molar-refractivity contribution in [2.45, 2.75) is 19.8 Å². The van der Waals surface area contributed by atoms with E-state index < -0.39 is 0 Å². The van der Waals surface area contributed by atoms with Crippen molar-refractivity contribution in [3.8, 4) is 0 Å². The van der Waals surface area contributed by atoms with Gasteiger partial charge in [-0.15, -0.1) is 0 Å². The molecule has 0 aliphatic rings. The van der Waals surface area contributed by atoms with Crippen LogP contribution < -0.4 is 10.6 Å². The van der Waals surface area contributed by atoms with Crippen LogP contribution in [0.2, 0.25) is 0 Å². The molecule has 0 saturated heterocycles. The van der Waals surface area contributed by atoms with Crippen molar-refractivity contribution in [2.24, 2.45) is 0 Å². The number of aromatic nitrogens is 1. The summed E-state index contributed by atoms with van der Waals surface area (Å²) in [5.74, 6) is 0.0723. The maximum atomic E-state index is 11.8. The van der Waals surface area contributed by atoms with Crippen LogP contribution in [0.1, 0.15) is 18.9 Å². The van der Waals surface area contributed by atoms with Gasteiger partial charge in [0.1, 0.15) is 0 Å². The summed E-state index contributed by atoms with van der Waals surface area (Å²) >= 11 is 0. The molecule has 4 nitrogen and oxygen atoms in total. The number of benzene rings is 1. The Morgan fingerprint density at radius 3 is 2.89 bits per heavy atom. The molecule has 1 aromatic heterocycles. The third-order valence-corrected chi connectivity index (χ3v) is 3.08. The van der Waals surface area contributed by atoms with Crippen molar-refractivity contribution < 1.29 is 4.79 Å². The molecule has 2 rings (SSSR count). The fourth-order valence-electron chi connectivity index (χ4n) is 2.11. The smallest absolute Gasteiger partial charge is 0.224 e. The third-order valence-electron chi connectivity index (χ3n) is 3.08. The van der Waals surface area contributed by atoms with E-state index in [2.05, 4.69) is 22.5 Å². The van der Waals surface area contributed by atoms with Gasteiger partial charge in [0.15, 0.2) is 0 Å². The molecule has 0 aliphatic heterocycles. The molecule has 0 bridgehead atoms. The highest BCUT2D eigenvalue weighted by Crippen LogP contribution is 2.17. The van der Waals surface area contributed by atoms with E-state index in [0.717, 1.165) is 36.0 Å². The Labute approximate surface area is 113 Å². The highest BCUT2D eigenvalue weighted by molar-refractivity contribution is 5.88. The van der Waals surface area contributed by atoms with Crippen LogP contribution in [0.15, 0.2) is 30.5 Å². The summed E-state index contributed by atoms with van der Waals surface area (Å²) < 4.78 is 0. The lowest BCUT2D eigenvalue weighted by Gasteiger charge is -2.05. The van der Waals surface area contributed by atoms with Gasteiger partial charge in [0.25, 0.3) is 0 Å². The SMILES string of the molecule is CCCNCCNC(=O)Cc1c[nH]c2ccccc12. The number of carbonyl (C=O) groups excluding carboxylic acids is 1. The van der Waals surface area contributed by atoms with Crippen molar-refractivity contribution in [1.82, 2.24) is 15.6 Å². The van der Waals surface area contributed by atoms with Crippen LogP contribution in [0.25, 0.3) is 10.9 Å². The number of hydrogen-bond donors (Lipinski definition) is 3. The number of rotatable bonds is 7. The average molecular weight is 259 g/mol. The first-order valence-electron chi connectivity index (χ1n) is 6.83. The van der Waals surface area contributed by atoms with E-state index in [1.54, 1.807) is 0 Å². The second-order valence-corrected chi connectivity index (χ2v) is 4.64. The highest BCUT2D eigenvalue weighted by atomic mass is 16.1. The van der Waals surface area contributed by atoms with Crippen LogP contribution in [0.4, 0.5) is 0 Å². The van der Waals surface area contributed by atoms with E-state index in [9.17, 15) is 4.79 Å². The number of para-hydroxylation sites is 1. The molecule has 0 fully saturated rings. The zero-order chi connectivity index (χ0) is 13.5. The largest absolute Gasteiger partial charge is 0.361 e. The van der Waals surface area contributed by atoms with E-state index >= 15 is 0 Å². The molecule has 0 aliphatic carbocycles. The zero-order valence-electron chi connectivity index (χ0n) is 11.3.